The Balaban J connectivity index is 2.48. The van der Waals surface area contributed by atoms with Crippen LogP contribution in [0.4, 0.5) is 0 Å². The number of carbonyl (C=O) groups excluding carboxylic acids is 1. The van der Waals surface area contributed by atoms with Crippen LogP contribution in [0.2, 0.25) is 0 Å². The Kier molecular flexibility index (Phi) is 5.39. The van der Waals surface area contributed by atoms with Crippen molar-refractivity contribution in [3.63, 3.8) is 0 Å². The fourth-order valence-corrected chi connectivity index (χ4v) is 2.09. The van der Waals surface area contributed by atoms with E-state index >= 15 is 0 Å². The van der Waals surface area contributed by atoms with Gasteiger partial charge in [0, 0.05) is 12.5 Å². The summed E-state index contributed by atoms with van der Waals surface area (Å²) in [7, 11) is 0. The first-order valence-corrected chi connectivity index (χ1v) is 6.74. The summed E-state index contributed by atoms with van der Waals surface area (Å²) in [6.45, 7) is 9.25. The topological polar surface area (TPSA) is 29.1 Å². The van der Waals surface area contributed by atoms with Gasteiger partial charge in [0.05, 0.1) is 0 Å². The molecule has 0 fully saturated rings. The molecule has 1 aromatic rings. The van der Waals surface area contributed by atoms with E-state index in [2.05, 4.69) is 33.0 Å². The number of hydrogen-bond acceptors (Lipinski definition) is 1. The van der Waals surface area contributed by atoms with Gasteiger partial charge < -0.3 is 5.32 Å². The molecule has 0 aliphatic heterocycles. The molecule has 0 saturated carbocycles. The van der Waals surface area contributed by atoms with E-state index < -0.39 is 0 Å². The number of nitrogens with one attached hydrogen (secondary N) is 1. The van der Waals surface area contributed by atoms with Crippen LogP contribution >= 0.6 is 0 Å². The maximum absolute atomic E-state index is 12.1. The summed E-state index contributed by atoms with van der Waals surface area (Å²) in [6.07, 6.45) is 1.84. The predicted molar refractivity (Wildman–Crippen MR) is 76.1 cm³/mol. The molecule has 0 aromatic heterocycles. The van der Waals surface area contributed by atoms with Crippen molar-refractivity contribution in [3.8, 4) is 0 Å². The van der Waals surface area contributed by atoms with Gasteiger partial charge in [0.1, 0.15) is 0 Å². The molecule has 18 heavy (non-hydrogen) atoms. The van der Waals surface area contributed by atoms with Gasteiger partial charge in [-0.2, -0.15) is 0 Å². The maximum atomic E-state index is 12.1. The Morgan fingerprint density at radius 2 is 1.83 bits per heavy atom. The summed E-state index contributed by atoms with van der Waals surface area (Å²) < 4.78 is 0. The van der Waals surface area contributed by atoms with Crippen LogP contribution < -0.4 is 5.32 Å². The van der Waals surface area contributed by atoms with Crippen molar-refractivity contribution in [2.75, 3.05) is 0 Å². The van der Waals surface area contributed by atoms with E-state index in [1.54, 1.807) is 0 Å². The molecule has 0 radical (unpaired) electrons. The van der Waals surface area contributed by atoms with Crippen molar-refractivity contribution < 1.29 is 4.79 Å². The van der Waals surface area contributed by atoms with Gasteiger partial charge in [-0.05, 0) is 23.8 Å². The van der Waals surface area contributed by atoms with E-state index in [9.17, 15) is 4.79 Å². The number of amides is 1. The monoisotopic (exact) mass is 247 g/mol. The molecule has 0 bridgehead atoms. The van der Waals surface area contributed by atoms with Gasteiger partial charge in [0.25, 0.3) is 0 Å². The summed E-state index contributed by atoms with van der Waals surface area (Å²) in [5, 5.41) is 3.03. The highest BCUT2D eigenvalue weighted by Gasteiger charge is 2.22. The Labute approximate surface area is 111 Å². The van der Waals surface area contributed by atoms with Crippen molar-refractivity contribution in [3.05, 3.63) is 35.9 Å². The molecule has 2 nitrogen and oxygen atoms in total. The molecule has 0 aliphatic rings. The molecule has 0 aliphatic carbocycles. The summed E-state index contributed by atoms with van der Waals surface area (Å²) in [6, 6.07) is 10.0. The van der Waals surface area contributed by atoms with Crippen LogP contribution in [0, 0.1) is 11.3 Å². The molecule has 1 N–H and O–H groups in total. The van der Waals surface area contributed by atoms with E-state index in [0.717, 1.165) is 18.4 Å². The van der Waals surface area contributed by atoms with Crippen LogP contribution in [0.1, 0.15) is 46.1 Å². The lowest BCUT2D eigenvalue weighted by molar-refractivity contribution is -0.126. The fourth-order valence-electron chi connectivity index (χ4n) is 2.09. The van der Waals surface area contributed by atoms with E-state index in [4.69, 9.17) is 0 Å². The second-order valence-electron chi connectivity index (χ2n) is 6.07. The molecule has 0 spiro atoms. The molecule has 0 saturated heterocycles. The minimum absolute atomic E-state index is 0.119. The normalized spacial score (nSPS) is 13.1. The third kappa shape index (κ3) is 5.35. The lowest BCUT2D eigenvalue weighted by atomic mass is 9.83. The zero-order valence-corrected chi connectivity index (χ0v) is 12.0. The van der Waals surface area contributed by atoms with Gasteiger partial charge in [-0.15, -0.1) is 0 Å². The molecule has 1 unspecified atom stereocenters. The van der Waals surface area contributed by atoms with Gasteiger partial charge >= 0.3 is 0 Å². The zero-order valence-electron chi connectivity index (χ0n) is 12.0. The highest BCUT2D eigenvalue weighted by molar-refractivity contribution is 5.78. The molecule has 100 valence electrons. The molecule has 1 rings (SSSR count). The van der Waals surface area contributed by atoms with E-state index in [1.165, 1.54) is 0 Å². The molecule has 1 atom stereocenters. The summed E-state index contributed by atoms with van der Waals surface area (Å²) in [5.74, 6) is 0.296. The smallest absolute Gasteiger partial charge is 0.223 e. The maximum Gasteiger partial charge on any atom is 0.223 e. The second-order valence-corrected chi connectivity index (χ2v) is 6.07. The Morgan fingerprint density at radius 3 is 2.33 bits per heavy atom. The molecule has 0 heterocycles. The lowest BCUT2D eigenvalue weighted by Crippen LogP contribution is -2.32. The van der Waals surface area contributed by atoms with Crippen LogP contribution in [0.15, 0.2) is 30.3 Å². The first kappa shape index (κ1) is 14.7. The SMILES string of the molecule is CCC(CC(C)(C)C)C(=O)NCc1ccccc1. The van der Waals surface area contributed by atoms with Crippen molar-refractivity contribution >= 4 is 5.91 Å². The second kappa shape index (κ2) is 6.58. The fraction of sp³-hybridized carbons (Fsp3) is 0.562. The van der Waals surface area contributed by atoms with E-state index in [-0.39, 0.29) is 17.2 Å². The van der Waals surface area contributed by atoms with Gasteiger partial charge in [0.15, 0.2) is 0 Å². The van der Waals surface area contributed by atoms with Crippen LogP contribution in [0.5, 0.6) is 0 Å². The molecule has 1 aromatic carbocycles. The first-order valence-electron chi connectivity index (χ1n) is 6.74. The largest absolute Gasteiger partial charge is 0.352 e. The van der Waals surface area contributed by atoms with Crippen LogP contribution in [0.3, 0.4) is 0 Å². The van der Waals surface area contributed by atoms with Crippen molar-refractivity contribution in [1.82, 2.24) is 5.32 Å². The van der Waals surface area contributed by atoms with Crippen LogP contribution in [-0.4, -0.2) is 5.91 Å². The predicted octanol–water partition coefficient (Wildman–Crippen LogP) is 3.77. The minimum Gasteiger partial charge on any atom is -0.352 e. The van der Waals surface area contributed by atoms with Crippen molar-refractivity contribution in [1.29, 1.82) is 0 Å². The molecular weight excluding hydrogens is 222 g/mol. The van der Waals surface area contributed by atoms with Crippen LogP contribution in [-0.2, 0) is 11.3 Å². The highest BCUT2D eigenvalue weighted by Crippen LogP contribution is 2.26. The van der Waals surface area contributed by atoms with Gasteiger partial charge in [-0.25, -0.2) is 0 Å². The Morgan fingerprint density at radius 1 is 1.22 bits per heavy atom. The standard InChI is InChI=1S/C16H25NO/c1-5-14(11-16(2,3)4)15(18)17-12-13-9-7-6-8-10-13/h6-10,14H,5,11-12H2,1-4H3,(H,17,18). The minimum atomic E-state index is 0.119. The molecule has 2 heteroatoms. The van der Waals surface area contributed by atoms with Gasteiger partial charge in [0.2, 0.25) is 5.91 Å². The number of hydrogen-bond donors (Lipinski definition) is 1. The zero-order chi connectivity index (χ0) is 13.6. The molecular formula is C16H25NO. The average Bonchev–Trinajstić information content (AvgIpc) is 2.33. The first-order chi connectivity index (χ1) is 8.42. The quantitative estimate of drug-likeness (QED) is 0.843. The van der Waals surface area contributed by atoms with Gasteiger partial charge in [-0.3, -0.25) is 4.79 Å². The lowest BCUT2D eigenvalue weighted by Gasteiger charge is -2.24. The van der Waals surface area contributed by atoms with Crippen molar-refractivity contribution in [2.24, 2.45) is 11.3 Å². The van der Waals surface area contributed by atoms with Crippen molar-refractivity contribution in [2.45, 2.75) is 47.1 Å². The average molecular weight is 247 g/mol. The number of benzene rings is 1. The van der Waals surface area contributed by atoms with E-state index in [1.807, 2.05) is 30.3 Å². The Bertz CT molecular complexity index is 364. The highest BCUT2D eigenvalue weighted by atomic mass is 16.1. The summed E-state index contributed by atoms with van der Waals surface area (Å²) in [4.78, 5) is 12.1. The summed E-state index contributed by atoms with van der Waals surface area (Å²) >= 11 is 0. The number of carbonyl (C=O) groups is 1. The number of rotatable bonds is 5. The third-order valence-corrected chi connectivity index (χ3v) is 3.03. The summed E-state index contributed by atoms with van der Waals surface area (Å²) in [5.41, 5.74) is 1.35. The molecule has 1 amide bonds. The Hall–Kier alpha value is -1.31. The van der Waals surface area contributed by atoms with Crippen LogP contribution in [0.25, 0.3) is 0 Å². The third-order valence-electron chi connectivity index (χ3n) is 3.03. The van der Waals surface area contributed by atoms with E-state index in [0.29, 0.717) is 6.54 Å². The van der Waals surface area contributed by atoms with Gasteiger partial charge in [-0.1, -0.05) is 58.0 Å².